The number of piperidine rings is 1. The first kappa shape index (κ1) is 25.2. The zero-order valence-corrected chi connectivity index (χ0v) is 19.7. The number of methoxy groups -OCH3 is 1. The van der Waals surface area contributed by atoms with E-state index in [0.717, 1.165) is 37.6 Å². The summed E-state index contributed by atoms with van der Waals surface area (Å²) < 4.78 is 54.2. The lowest BCUT2D eigenvalue weighted by Gasteiger charge is -2.41. The molecular formula is C28H29F3N2O2. The molecular weight excluding hydrogens is 453 g/mol. The van der Waals surface area contributed by atoms with Gasteiger partial charge in [-0.3, -0.25) is 0 Å². The number of nitrogens with zero attached hydrogens (tertiary/aromatic N) is 1. The van der Waals surface area contributed by atoms with E-state index in [0.29, 0.717) is 17.7 Å². The fourth-order valence-corrected chi connectivity index (χ4v) is 5.14. The van der Waals surface area contributed by atoms with Crippen molar-refractivity contribution < 1.29 is 22.6 Å². The second-order valence-corrected chi connectivity index (χ2v) is 9.20. The van der Waals surface area contributed by atoms with Gasteiger partial charge in [-0.15, -0.1) is 0 Å². The number of hydrogen-bond donors (Lipinski definition) is 1. The Morgan fingerprint density at radius 2 is 1.60 bits per heavy atom. The van der Waals surface area contributed by atoms with Crippen molar-refractivity contribution in [2.45, 2.75) is 36.5 Å². The minimum atomic E-state index is -4.70. The Kier molecular flexibility index (Phi) is 7.46. The van der Waals surface area contributed by atoms with Crippen molar-refractivity contribution in [3.05, 3.63) is 89.0 Å². The lowest BCUT2D eigenvalue weighted by molar-refractivity contribution is -0.0967. The van der Waals surface area contributed by atoms with Crippen molar-refractivity contribution in [3.8, 4) is 6.07 Å². The van der Waals surface area contributed by atoms with Gasteiger partial charge in [-0.1, -0.05) is 60.7 Å². The molecule has 1 saturated heterocycles. The summed E-state index contributed by atoms with van der Waals surface area (Å²) in [6.45, 7) is 1.83. The topological polar surface area (TPSA) is 54.3 Å². The fourth-order valence-electron chi connectivity index (χ4n) is 5.14. The highest BCUT2D eigenvalue weighted by atomic mass is 19.4. The average Bonchev–Trinajstić information content (AvgIpc) is 2.89. The van der Waals surface area contributed by atoms with Crippen LogP contribution < -0.4 is 5.32 Å². The lowest BCUT2D eigenvalue weighted by atomic mass is 9.73. The number of nitrogens with one attached hydrogen (secondary N) is 1. The number of ether oxygens (including phenoxy) is 2. The van der Waals surface area contributed by atoms with E-state index in [1.807, 2.05) is 24.3 Å². The Labute approximate surface area is 204 Å². The van der Waals surface area contributed by atoms with Crippen LogP contribution in [0.5, 0.6) is 0 Å². The van der Waals surface area contributed by atoms with Crippen molar-refractivity contribution in [2.24, 2.45) is 0 Å². The lowest BCUT2D eigenvalue weighted by Crippen LogP contribution is -2.46. The van der Waals surface area contributed by atoms with Gasteiger partial charge < -0.3 is 14.8 Å². The molecule has 1 N–H and O–H groups in total. The molecule has 2 aromatic carbocycles. The third kappa shape index (κ3) is 5.20. The van der Waals surface area contributed by atoms with Gasteiger partial charge >= 0.3 is 6.18 Å². The number of hydrogen-bond acceptors (Lipinski definition) is 4. The van der Waals surface area contributed by atoms with Gasteiger partial charge in [0.1, 0.15) is 5.60 Å². The summed E-state index contributed by atoms with van der Waals surface area (Å²) in [7, 11) is 1.35. The fraction of sp³-hybridized carbons (Fsp3) is 0.393. The molecule has 35 heavy (non-hydrogen) atoms. The van der Waals surface area contributed by atoms with Crippen LogP contribution in [-0.4, -0.2) is 45.2 Å². The Hall–Kier alpha value is -2.92. The third-order valence-electron chi connectivity index (χ3n) is 7.13. The molecule has 1 atom stereocenters. The molecule has 184 valence electrons. The Bertz CT molecular complexity index is 1110. The zero-order valence-electron chi connectivity index (χ0n) is 19.7. The van der Waals surface area contributed by atoms with E-state index in [2.05, 4.69) is 17.4 Å². The summed E-state index contributed by atoms with van der Waals surface area (Å²) in [5.41, 5.74) is -0.939. The van der Waals surface area contributed by atoms with Gasteiger partial charge in [-0.25, -0.2) is 0 Å². The van der Waals surface area contributed by atoms with Gasteiger partial charge in [-0.2, -0.15) is 18.4 Å². The first-order chi connectivity index (χ1) is 16.8. The normalized spacial score (nSPS) is 22.4. The van der Waals surface area contributed by atoms with Gasteiger partial charge in [0.05, 0.1) is 30.4 Å². The summed E-state index contributed by atoms with van der Waals surface area (Å²) in [5.74, 6) is 0. The molecule has 0 saturated carbocycles. The number of allylic oxidation sites excluding steroid dienone is 2. The van der Waals surface area contributed by atoms with E-state index >= 15 is 0 Å². The highest BCUT2D eigenvalue weighted by Crippen LogP contribution is 2.45. The van der Waals surface area contributed by atoms with E-state index in [1.165, 1.54) is 7.11 Å². The van der Waals surface area contributed by atoms with E-state index in [-0.39, 0.29) is 18.4 Å². The summed E-state index contributed by atoms with van der Waals surface area (Å²) in [6, 6.07) is 20.8. The molecule has 0 radical (unpaired) electrons. The predicted molar refractivity (Wildman–Crippen MR) is 129 cm³/mol. The van der Waals surface area contributed by atoms with Crippen molar-refractivity contribution >= 4 is 5.57 Å². The molecule has 7 heteroatoms. The highest BCUT2D eigenvalue weighted by Gasteiger charge is 2.48. The molecule has 1 fully saturated rings. The molecule has 0 aromatic heterocycles. The molecule has 1 unspecified atom stereocenters. The van der Waals surface area contributed by atoms with Crippen LogP contribution in [0.1, 0.15) is 30.4 Å². The number of rotatable bonds is 7. The minimum absolute atomic E-state index is 0.107. The number of nitriles is 1. The molecule has 4 nitrogen and oxygen atoms in total. The Balaban J connectivity index is 1.66. The van der Waals surface area contributed by atoms with Crippen LogP contribution >= 0.6 is 0 Å². The van der Waals surface area contributed by atoms with Crippen LogP contribution in [0, 0.1) is 11.3 Å². The minimum Gasteiger partial charge on any atom is -0.377 e. The monoisotopic (exact) mass is 482 g/mol. The number of alkyl halides is 3. The van der Waals surface area contributed by atoms with E-state index < -0.39 is 22.9 Å². The first-order valence-electron chi connectivity index (χ1n) is 11.7. The zero-order chi connectivity index (χ0) is 24.9. The van der Waals surface area contributed by atoms with Crippen molar-refractivity contribution in [3.63, 3.8) is 0 Å². The van der Waals surface area contributed by atoms with Crippen molar-refractivity contribution in [1.82, 2.24) is 5.32 Å². The Morgan fingerprint density at radius 3 is 2.17 bits per heavy atom. The summed E-state index contributed by atoms with van der Waals surface area (Å²) in [5, 5.41) is 13.2. The van der Waals surface area contributed by atoms with Crippen LogP contribution in [-0.2, 0) is 14.9 Å². The van der Waals surface area contributed by atoms with Crippen LogP contribution in [0.25, 0.3) is 5.57 Å². The van der Waals surface area contributed by atoms with Crippen molar-refractivity contribution in [1.29, 1.82) is 5.26 Å². The number of benzene rings is 2. The van der Waals surface area contributed by atoms with Gasteiger partial charge in [0.2, 0.25) is 0 Å². The smallest absolute Gasteiger partial charge is 0.377 e. The van der Waals surface area contributed by atoms with Crippen molar-refractivity contribution in [2.75, 3.05) is 33.4 Å². The van der Waals surface area contributed by atoms with Crippen LogP contribution in [0.3, 0.4) is 0 Å². The first-order valence-corrected chi connectivity index (χ1v) is 11.7. The maximum Gasteiger partial charge on any atom is 0.417 e. The predicted octanol–water partition coefficient (Wildman–Crippen LogP) is 5.58. The van der Waals surface area contributed by atoms with E-state index in [9.17, 15) is 18.4 Å². The molecule has 0 amide bonds. The largest absolute Gasteiger partial charge is 0.417 e. The molecule has 1 aliphatic heterocycles. The molecule has 0 bridgehead atoms. The molecule has 4 rings (SSSR count). The number of halogens is 3. The molecule has 1 aliphatic carbocycles. The molecule has 1 heterocycles. The van der Waals surface area contributed by atoms with Gasteiger partial charge in [0.25, 0.3) is 0 Å². The summed E-state index contributed by atoms with van der Waals surface area (Å²) in [6.07, 6.45) is -1.82. The van der Waals surface area contributed by atoms with Gasteiger partial charge in [0.15, 0.2) is 0 Å². The highest BCUT2D eigenvalue weighted by molar-refractivity contribution is 5.74. The second kappa shape index (κ2) is 10.4. The van der Waals surface area contributed by atoms with E-state index in [1.54, 1.807) is 30.3 Å². The van der Waals surface area contributed by atoms with Crippen LogP contribution in [0.4, 0.5) is 13.2 Å². The van der Waals surface area contributed by atoms with E-state index in [4.69, 9.17) is 9.47 Å². The second-order valence-electron chi connectivity index (χ2n) is 9.20. The molecule has 2 aromatic rings. The SMILES string of the molecule is COC1(COCC2(c3ccccc3)CCNCC2)CC(c2ccccc2)=CC(C(F)(F)F)=C1C#N. The summed E-state index contributed by atoms with van der Waals surface area (Å²) >= 11 is 0. The summed E-state index contributed by atoms with van der Waals surface area (Å²) in [4.78, 5) is 0. The quantitative estimate of drug-likeness (QED) is 0.560. The Morgan fingerprint density at radius 1 is 0.971 bits per heavy atom. The molecule has 2 aliphatic rings. The maximum atomic E-state index is 14.1. The van der Waals surface area contributed by atoms with Gasteiger partial charge in [0, 0.05) is 18.9 Å². The third-order valence-corrected chi connectivity index (χ3v) is 7.13. The molecule has 0 spiro atoms. The van der Waals surface area contributed by atoms with Crippen LogP contribution in [0.15, 0.2) is 77.9 Å². The maximum absolute atomic E-state index is 14.1. The van der Waals surface area contributed by atoms with Gasteiger partial charge in [-0.05, 0) is 48.7 Å². The standard InChI is InChI=1S/C28H29F3N2O2/c1-34-27(20-35-19-26(12-14-33-15-13-26)23-10-6-3-7-11-23)17-22(21-8-4-2-5-9-21)16-24(25(27)18-32)28(29,30)31/h2-11,16,33H,12-15,17,19-20H2,1H3. The van der Waals surface area contributed by atoms with Crippen LogP contribution in [0.2, 0.25) is 0 Å². The average molecular weight is 483 g/mol.